The molecule has 1 heterocycles. The van der Waals surface area contributed by atoms with Gasteiger partial charge in [0, 0.05) is 20.1 Å². The van der Waals surface area contributed by atoms with Crippen molar-refractivity contribution in [1.82, 2.24) is 14.7 Å². The summed E-state index contributed by atoms with van der Waals surface area (Å²) in [6.45, 7) is 3.46. The van der Waals surface area contributed by atoms with Gasteiger partial charge in [-0.2, -0.15) is 5.10 Å². The summed E-state index contributed by atoms with van der Waals surface area (Å²) in [5, 5.41) is 14.9. The van der Waals surface area contributed by atoms with Crippen LogP contribution < -0.4 is 0 Å². The molecule has 2 atom stereocenters. The van der Waals surface area contributed by atoms with Gasteiger partial charge in [0.25, 0.3) is 0 Å². The molecule has 1 aromatic heterocycles. The number of rotatable bonds is 7. The molecule has 1 rings (SSSR count). The zero-order valence-corrected chi connectivity index (χ0v) is 12.2. The first-order valence-electron chi connectivity index (χ1n) is 6.02. The zero-order valence-electron chi connectivity index (χ0n) is 11.4. The Morgan fingerprint density at radius 3 is 2.78 bits per heavy atom. The van der Waals surface area contributed by atoms with Gasteiger partial charge in [-0.05, 0) is 21.0 Å². The number of hydrogen-bond acceptors (Lipinski definition) is 4. The lowest BCUT2D eigenvalue weighted by molar-refractivity contribution is 0.0522. The predicted molar refractivity (Wildman–Crippen MR) is 71.8 cm³/mol. The molecule has 0 fully saturated rings. The van der Waals surface area contributed by atoms with E-state index in [-0.39, 0.29) is 6.10 Å². The molecule has 0 aliphatic heterocycles. The van der Waals surface area contributed by atoms with Crippen LogP contribution in [-0.2, 0) is 11.3 Å². The highest BCUT2D eigenvalue weighted by Crippen LogP contribution is 2.26. The van der Waals surface area contributed by atoms with Crippen LogP contribution in [0.4, 0.5) is 0 Å². The normalized spacial score (nSPS) is 15.1. The van der Waals surface area contributed by atoms with Crippen molar-refractivity contribution in [3.63, 3.8) is 0 Å². The lowest BCUT2D eigenvalue weighted by Gasteiger charge is -2.18. The van der Waals surface area contributed by atoms with Gasteiger partial charge in [-0.3, -0.25) is 4.68 Å². The lowest BCUT2D eigenvalue weighted by atomic mass is 10.1. The molecule has 0 saturated carbocycles. The van der Waals surface area contributed by atoms with Crippen molar-refractivity contribution < 1.29 is 9.84 Å². The molecular weight excluding hydrogens is 254 g/mol. The molecule has 0 radical (unpaired) electrons. The Kier molecular flexibility index (Phi) is 6.08. The fourth-order valence-electron chi connectivity index (χ4n) is 1.70. The molecule has 104 valence electrons. The Morgan fingerprint density at radius 2 is 2.22 bits per heavy atom. The number of aromatic nitrogens is 2. The summed E-state index contributed by atoms with van der Waals surface area (Å²) in [6, 6.07) is 0. The average Bonchev–Trinajstić information content (AvgIpc) is 2.67. The lowest BCUT2D eigenvalue weighted by Crippen LogP contribution is -2.22. The number of likely N-dealkylation sites (N-methyl/N-ethyl adjacent to an activating group) is 1. The first kappa shape index (κ1) is 15.4. The van der Waals surface area contributed by atoms with E-state index in [2.05, 4.69) is 10.00 Å². The molecule has 1 N–H and O–H groups in total. The van der Waals surface area contributed by atoms with E-state index in [1.54, 1.807) is 18.0 Å². The fourth-order valence-corrected chi connectivity index (χ4v) is 1.97. The molecule has 5 nitrogen and oxygen atoms in total. The summed E-state index contributed by atoms with van der Waals surface area (Å²) in [5.41, 5.74) is 0.669. The molecule has 0 spiro atoms. The highest BCUT2D eigenvalue weighted by atomic mass is 35.5. The molecule has 0 aliphatic rings. The summed E-state index contributed by atoms with van der Waals surface area (Å²) in [5.74, 6) is 0. The molecule has 18 heavy (non-hydrogen) atoms. The van der Waals surface area contributed by atoms with Gasteiger partial charge in [-0.25, -0.2) is 0 Å². The van der Waals surface area contributed by atoms with Gasteiger partial charge in [0.05, 0.1) is 35.7 Å². The SMILES string of the molecule is COC(C)CC(O)c1c(Cl)cnn1CCN(C)C. The molecule has 0 aliphatic carbocycles. The molecule has 0 aromatic carbocycles. The largest absolute Gasteiger partial charge is 0.387 e. The van der Waals surface area contributed by atoms with Gasteiger partial charge in [0.15, 0.2) is 0 Å². The Morgan fingerprint density at radius 1 is 1.56 bits per heavy atom. The first-order chi connectivity index (χ1) is 8.45. The van der Waals surface area contributed by atoms with Gasteiger partial charge in [-0.15, -0.1) is 0 Å². The Hall–Kier alpha value is -0.620. The van der Waals surface area contributed by atoms with Crippen LogP contribution in [0.1, 0.15) is 25.1 Å². The van der Waals surface area contributed by atoms with Gasteiger partial charge < -0.3 is 14.7 Å². The van der Waals surface area contributed by atoms with Gasteiger partial charge in [-0.1, -0.05) is 11.6 Å². The summed E-state index contributed by atoms with van der Waals surface area (Å²) in [6.07, 6.45) is 1.40. The van der Waals surface area contributed by atoms with Crippen LogP contribution in [-0.4, -0.2) is 53.6 Å². The third kappa shape index (κ3) is 4.24. The molecule has 0 amide bonds. The van der Waals surface area contributed by atoms with Crippen molar-refractivity contribution >= 4 is 11.6 Å². The smallest absolute Gasteiger partial charge is 0.0996 e. The number of hydrogen-bond donors (Lipinski definition) is 1. The minimum Gasteiger partial charge on any atom is -0.387 e. The number of aliphatic hydroxyl groups is 1. The van der Waals surface area contributed by atoms with Crippen LogP contribution in [0.5, 0.6) is 0 Å². The van der Waals surface area contributed by atoms with Crippen LogP contribution in [0.3, 0.4) is 0 Å². The molecular formula is C12H22ClN3O2. The van der Waals surface area contributed by atoms with E-state index in [0.717, 1.165) is 6.54 Å². The van der Waals surface area contributed by atoms with Gasteiger partial charge >= 0.3 is 0 Å². The number of methoxy groups -OCH3 is 1. The van der Waals surface area contributed by atoms with Crippen molar-refractivity contribution in [1.29, 1.82) is 0 Å². The molecule has 0 saturated heterocycles. The quantitative estimate of drug-likeness (QED) is 0.820. The highest BCUT2D eigenvalue weighted by Gasteiger charge is 2.20. The minimum atomic E-state index is -0.655. The maximum atomic E-state index is 10.2. The van der Waals surface area contributed by atoms with E-state index < -0.39 is 6.10 Å². The van der Waals surface area contributed by atoms with E-state index in [9.17, 15) is 5.11 Å². The number of aliphatic hydroxyl groups excluding tert-OH is 1. The van der Waals surface area contributed by atoms with Crippen LogP contribution >= 0.6 is 11.6 Å². The summed E-state index contributed by atoms with van der Waals surface area (Å²) in [4.78, 5) is 2.06. The summed E-state index contributed by atoms with van der Waals surface area (Å²) < 4.78 is 6.92. The van der Waals surface area contributed by atoms with Crippen molar-refractivity contribution in [2.45, 2.75) is 32.1 Å². The number of nitrogens with zero attached hydrogens (tertiary/aromatic N) is 3. The minimum absolute atomic E-state index is 0.0201. The standard InChI is InChI=1S/C12H22ClN3O2/c1-9(18-4)7-11(17)12-10(13)8-14-16(12)6-5-15(2)3/h8-9,11,17H,5-7H2,1-4H3. The van der Waals surface area contributed by atoms with Crippen molar-refractivity contribution in [3.8, 4) is 0 Å². The molecule has 0 bridgehead atoms. The van der Waals surface area contributed by atoms with Gasteiger partial charge in [0.2, 0.25) is 0 Å². The predicted octanol–water partition coefficient (Wildman–Crippen LogP) is 1.56. The van der Waals surface area contributed by atoms with Crippen molar-refractivity contribution in [2.75, 3.05) is 27.7 Å². The van der Waals surface area contributed by atoms with E-state index in [1.807, 2.05) is 21.0 Å². The Bertz CT molecular complexity index is 368. The highest BCUT2D eigenvalue weighted by molar-refractivity contribution is 6.31. The van der Waals surface area contributed by atoms with Gasteiger partial charge in [0.1, 0.15) is 0 Å². The second-order valence-corrected chi connectivity index (χ2v) is 5.11. The Labute approximate surface area is 113 Å². The van der Waals surface area contributed by atoms with Crippen LogP contribution in [0.2, 0.25) is 5.02 Å². The van der Waals surface area contributed by atoms with Crippen molar-refractivity contribution in [2.24, 2.45) is 0 Å². The summed E-state index contributed by atoms with van der Waals surface area (Å²) >= 11 is 6.08. The molecule has 2 unspecified atom stereocenters. The van der Waals surface area contributed by atoms with E-state index in [1.165, 1.54) is 0 Å². The fraction of sp³-hybridized carbons (Fsp3) is 0.750. The molecule has 6 heteroatoms. The maximum Gasteiger partial charge on any atom is 0.0996 e. The third-order valence-electron chi connectivity index (χ3n) is 2.87. The van der Waals surface area contributed by atoms with E-state index in [4.69, 9.17) is 16.3 Å². The van der Waals surface area contributed by atoms with E-state index in [0.29, 0.717) is 23.7 Å². The first-order valence-corrected chi connectivity index (χ1v) is 6.40. The topological polar surface area (TPSA) is 50.5 Å². The summed E-state index contributed by atoms with van der Waals surface area (Å²) in [7, 11) is 5.62. The van der Waals surface area contributed by atoms with Crippen LogP contribution in [0.15, 0.2) is 6.20 Å². The second kappa shape index (κ2) is 7.09. The van der Waals surface area contributed by atoms with Crippen molar-refractivity contribution in [3.05, 3.63) is 16.9 Å². The average molecular weight is 276 g/mol. The third-order valence-corrected chi connectivity index (χ3v) is 3.16. The monoisotopic (exact) mass is 275 g/mol. The maximum absolute atomic E-state index is 10.2. The zero-order chi connectivity index (χ0) is 13.7. The number of ether oxygens (including phenoxy) is 1. The molecule has 1 aromatic rings. The van der Waals surface area contributed by atoms with Crippen LogP contribution in [0, 0.1) is 0 Å². The van der Waals surface area contributed by atoms with E-state index >= 15 is 0 Å². The second-order valence-electron chi connectivity index (χ2n) is 4.70. The Balaban J connectivity index is 2.76. The van der Waals surface area contributed by atoms with Crippen LogP contribution in [0.25, 0.3) is 0 Å². The number of halogens is 1.